The first-order valence-electron chi connectivity index (χ1n) is 14.1. The van der Waals surface area contributed by atoms with Gasteiger partial charge in [0.15, 0.2) is 0 Å². The Bertz CT molecular complexity index is 1230. The van der Waals surface area contributed by atoms with Gasteiger partial charge in [-0.05, 0) is 48.2 Å². The molecule has 0 spiro atoms. The largest absolute Gasteiger partial charge is 0.491 e. The molecule has 1 N–H and O–H groups in total. The number of anilines is 1. The number of aliphatic hydroxyl groups is 1. The van der Waals surface area contributed by atoms with Gasteiger partial charge in [0.1, 0.15) is 30.8 Å². The number of carbonyl (C=O) groups is 1. The van der Waals surface area contributed by atoms with Crippen LogP contribution in [-0.2, 0) is 16.8 Å². The van der Waals surface area contributed by atoms with Crippen molar-refractivity contribution in [3.63, 3.8) is 0 Å². The summed E-state index contributed by atoms with van der Waals surface area (Å²) in [6, 6.07) is 23.6. The molecular formula is C33H42N2O5. The zero-order valence-electron chi connectivity index (χ0n) is 24.1. The Balaban J connectivity index is 1.29. The van der Waals surface area contributed by atoms with Gasteiger partial charge >= 0.3 is 5.97 Å². The molecule has 1 atom stereocenters. The molecule has 7 nitrogen and oxygen atoms in total. The standard InChI is InChI=1S/C33H42N2O5/c1-5-38-32(37)28-13-9-10-14-30(28)35-19-17-34(18-20-35)22-26(36)24-39-27-15-16-31(29(21-27)33(2,3)4)40-23-25-11-7-6-8-12-25/h6-16,21,26,36H,5,17-20,22-24H2,1-4H3. The highest BCUT2D eigenvalue weighted by atomic mass is 16.5. The number of carbonyl (C=O) groups excluding carboxylic acids is 1. The number of β-amino-alcohol motifs (C(OH)–C–C–N with tert-alkyl or cyclic N) is 1. The highest BCUT2D eigenvalue weighted by molar-refractivity contribution is 5.95. The van der Waals surface area contributed by atoms with Gasteiger partial charge in [0, 0.05) is 38.3 Å². The van der Waals surface area contributed by atoms with Crippen LogP contribution in [0.25, 0.3) is 0 Å². The number of para-hydroxylation sites is 1. The SMILES string of the molecule is CCOC(=O)c1ccccc1N1CCN(CC(O)COc2ccc(OCc3ccccc3)c(C(C)(C)C)c2)CC1. The summed E-state index contributed by atoms with van der Waals surface area (Å²) in [7, 11) is 0. The van der Waals surface area contributed by atoms with Crippen molar-refractivity contribution >= 4 is 11.7 Å². The molecule has 1 aliphatic heterocycles. The number of piperazine rings is 1. The van der Waals surface area contributed by atoms with Crippen molar-refractivity contribution in [1.82, 2.24) is 4.90 Å². The van der Waals surface area contributed by atoms with Crippen LogP contribution in [-0.4, -0.2) is 68.0 Å². The minimum absolute atomic E-state index is 0.129. The van der Waals surface area contributed by atoms with E-state index in [2.05, 4.69) is 42.7 Å². The van der Waals surface area contributed by atoms with Crippen molar-refractivity contribution in [2.45, 2.75) is 45.8 Å². The third-order valence-electron chi connectivity index (χ3n) is 7.02. The highest BCUT2D eigenvalue weighted by Gasteiger charge is 2.24. The first-order chi connectivity index (χ1) is 19.2. The molecule has 0 radical (unpaired) electrons. The molecule has 0 amide bonds. The predicted molar refractivity (Wildman–Crippen MR) is 158 cm³/mol. The minimum Gasteiger partial charge on any atom is -0.491 e. The second kappa shape index (κ2) is 13.7. The van der Waals surface area contributed by atoms with Gasteiger partial charge in [-0.15, -0.1) is 0 Å². The molecule has 0 bridgehead atoms. The molecular weight excluding hydrogens is 504 g/mol. The number of hydrogen-bond acceptors (Lipinski definition) is 7. The van der Waals surface area contributed by atoms with Crippen LogP contribution in [0.3, 0.4) is 0 Å². The van der Waals surface area contributed by atoms with E-state index in [1.165, 1.54) is 0 Å². The Morgan fingerprint density at radius 2 is 1.62 bits per heavy atom. The fourth-order valence-electron chi connectivity index (χ4n) is 4.89. The van der Waals surface area contributed by atoms with E-state index in [1.807, 2.05) is 67.6 Å². The molecule has 4 rings (SSSR count). The fourth-order valence-corrected chi connectivity index (χ4v) is 4.89. The third kappa shape index (κ3) is 7.99. The third-order valence-corrected chi connectivity index (χ3v) is 7.02. The van der Waals surface area contributed by atoms with Gasteiger partial charge in [-0.1, -0.05) is 63.2 Å². The van der Waals surface area contributed by atoms with E-state index >= 15 is 0 Å². The zero-order valence-corrected chi connectivity index (χ0v) is 24.1. The average Bonchev–Trinajstić information content (AvgIpc) is 2.96. The predicted octanol–water partition coefficient (Wildman–Crippen LogP) is 5.30. The summed E-state index contributed by atoms with van der Waals surface area (Å²) in [5.41, 5.74) is 3.55. The number of benzene rings is 3. The minimum atomic E-state index is -0.620. The number of ether oxygens (including phenoxy) is 3. The zero-order chi connectivity index (χ0) is 28.5. The second-order valence-corrected chi connectivity index (χ2v) is 11.2. The molecule has 3 aromatic carbocycles. The van der Waals surface area contributed by atoms with Crippen molar-refractivity contribution in [2.24, 2.45) is 0 Å². The van der Waals surface area contributed by atoms with Crippen LogP contribution in [0.15, 0.2) is 72.8 Å². The molecule has 40 heavy (non-hydrogen) atoms. The van der Waals surface area contributed by atoms with Gasteiger partial charge in [-0.25, -0.2) is 4.79 Å². The molecule has 3 aromatic rings. The lowest BCUT2D eigenvalue weighted by molar-refractivity contribution is 0.0526. The van der Waals surface area contributed by atoms with E-state index in [0.29, 0.717) is 25.3 Å². The number of rotatable bonds is 11. The summed E-state index contributed by atoms with van der Waals surface area (Å²) in [4.78, 5) is 16.8. The van der Waals surface area contributed by atoms with Gasteiger partial charge in [0.05, 0.1) is 17.9 Å². The molecule has 7 heteroatoms. The van der Waals surface area contributed by atoms with E-state index < -0.39 is 6.10 Å². The normalized spacial score (nSPS) is 15.0. The summed E-state index contributed by atoms with van der Waals surface area (Å²) in [6.45, 7) is 13.0. The maximum absolute atomic E-state index is 12.4. The smallest absolute Gasteiger partial charge is 0.340 e. The number of hydrogen-bond donors (Lipinski definition) is 1. The Morgan fingerprint density at radius 1 is 0.925 bits per heavy atom. The molecule has 1 heterocycles. The average molecular weight is 547 g/mol. The van der Waals surface area contributed by atoms with E-state index in [-0.39, 0.29) is 18.0 Å². The lowest BCUT2D eigenvalue weighted by Crippen LogP contribution is -2.49. The Labute approximate surface area is 238 Å². The topological polar surface area (TPSA) is 71.5 Å². The fraction of sp³-hybridized carbons (Fsp3) is 0.424. The monoisotopic (exact) mass is 546 g/mol. The summed E-state index contributed by atoms with van der Waals surface area (Å²) in [5.74, 6) is 1.27. The van der Waals surface area contributed by atoms with Crippen molar-refractivity contribution in [2.75, 3.05) is 50.8 Å². The van der Waals surface area contributed by atoms with Crippen molar-refractivity contribution in [3.8, 4) is 11.5 Å². The number of esters is 1. The van der Waals surface area contributed by atoms with Gasteiger partial charge in [0.2, 0.25) is 0 Å². The lowest BCUT2D eigenvalue weighted by atomic mass is 9.86. The van der Waals surface area contributed by atoms with E-state index in [4.69, 9.17) is 14.2 Å². The van der Waals surface area contributed by atoms with Crippen molar-refractivity contribution in [1.29, 1.82) is 0 Å². The van der Waals surface area contributed by atoms with Crippen LogP contribution >= 0.6 is 0 Å². The van der Waals surface area contributed by atoms with Gasteiger partial charge in [0.25, 0.3) is 0 Å². The number of aliphatic hydroxyl groups excluding tert-OH is 1. The number of nitrogens with zero attached hydrogens (tertiary/aromatic N) is 2. The Morgan fingerprint density at radius 3 is 2.33 bits per heavy atom. The Hall–Kier alpha value is -3.55. The molecule has 0 aliphatic carbocycles. The molecule has 1 unspecified atom stereocenters. The summed E-state index contributed by atoms with van der Waals surface area (Å²) in [5, 5.41) is 10.7. The maximum Gasteiger partial charge on any atom is 0.340 e. The maximum atomic E-state index is 12.4. The van der Waals surface area contributed by atoms with Crippen LogP contribution in [0.2, 0.25) is 0 Å². The molecule has 1 fully saturated rings. The van der Waals surface area contributed by atoms with E-state index in [9.17, 15) is 9.90 Å². The van der Waals surface area contributed by atoms with Crippen LogP contribution in [0.1, 0.15) is 49.2 Å². The first-order valence-corrected chi connectivity index (χ1v) is 14.1. The molecule has 0 saturated carbocycles. The molecule has 0 aromatic heterocycles. The Kier molecular flexibility index (Phi) is 10.1. The summed E-state index contributed by atoms with van der Waals surface area (Å²) in [6.07, 6.45) is -0.620. The van der Waals surface area contributed by atoms with Crippen molar-refractivity contribution in [3.05, 3.63) is 89.5 Å². The van der Waals surface area contributed by atoms with E-state index in [1.54, 1.807) is 0 Å². The summed E-state index contributed by atoms with van der Waals surface area (Å²) >= 11 is 0. The molecule has 1 aliphatic rings. The quantitative estimate of drug-likeness (QED) is 0.327. The van der Waals surface area contributed by atoms with Crippen LogP contribution in [0.5, 0.6) is 11.5 Å². The molecule has 214 valence electrons. The van der Waals surface area contributed by atoms with Gasteiger partial charge in [-0.3, -0.25) is 4.90 Å². The molecule has 1 saturated heterocycles. The highest BCUT2D eigenvalue weighted by Crippen LogP contribution is 2.35. The van der Waals surface area contributed by atoms with Crippen molar-refractivity contribution < 1.29 is 24.1 Å². The summed E-state index contributed by atoms with van der Waals surface area (Å²) < 4.78 is 17.4. The second-order valence-electron chi connectivity index (χ2n) is 11.2. The van der Waals surface area contributed by atoms with Crippen LogP contribution in [0.4, 0.5) is 5.69 Å². The van der Waals surface area contributed by atoms with Gasteiger partial charge < -0.3 is 24.2 Å². The van der Waals surface area contributed by atoms with Gasteiger partial charge in [-0.2, -0.15) is 0 Å². The van der Waals surface area contributed by atoms with Crippen LogP contribution < -0.4 is 14.4 Å². The van der Waals surface area contributed by atoms with Crippen LogP contribution in [0, 0.1) is 0 Å². The lowest BCUT2D eigenvalue weighted by Gasteiger charge is -2.37. The van der Waals surface area contributed by atoms with E-state index in [0.717, 1.165) is 54.5 Å². The first kappa shape index (κ1) is 29.4.